The van der Waals surface area contributed by atoms with Crippen molar-refractivity contribution in [2.45, 2.75) is 52.1 Å². The lowest BCUT2D eigenvalue weighted by molar-refractivity contribution is 0.216. The maximum atomic E-state index is 3.82. The molecule has 1 fully saturated rings. The van der Waals surface area contributed by atoms with E-state index >= 15 is 0 Å². The molecule has 1 N–H and O–H groups in total. The summed E-state index contributed by atoms with van der Waals surface area (Å²) in [6.07, 6.45) is 4.02. The first-order valence-electron chi connectivity index (χ1n) is 7.18. The van der Waals surface area contributed by atoms with E-state index in [1.54, 1.807) is 0 Å². The normalized spacial score (nSPS) is 29.2. The van der Waals surface area contributed by atoms with Gasteiger partial charge in [-0.25, -0.2) is 0 Å². The van der Waals surface area contributed by atoms with E-state index in [0.29, 0.717) is 12.1 Å². The highest BCUT2D eigenvalue weighted by Gasteiger charge is 2.26. The monoisotopic (exact) mass is 387 g/mol. The predicted octanol–water partition coefficient (Wildman–Crippen LogP) is 5.69. The summed E-state index contributed by atoms with van der Waals surface area (Å²) in [6.45, 7) is 7.02. The number of hydrogen-bond acceptors (Lipinski definition) is 1. The van der Waals surface area contributed by atoms with Crippen molar-refractivity contribution in [2.75, 3.05) is 0 Å². The summed E-state index contributed by atoms with van der Waals surface area (Å²) in [5, 5.41) is 3.82. The van der Waals surface area contributed by atoms with E-state index in [1.807, 2.05) is 0 Å². The van der Waals surface area contributed by atoms with E-state index in [2.05, 4.69) is 76.1 Å². The Labute approximate surface area is 133 Å². The molecule has 0 amide bonds. The van der Waals surface area contributed by atoms with Crippen molar-refractivity contribution in [2.24, 2.45) is 11.8 Å². The first-order chi connectivity index (χ1) is 8.97. The Bertz CT molecular complexity index is 433. The lowest BCUT2D eigenvalue weighted by Crippen LogP contribution is -2.40. The van der Waals surface area contributed by atoms with Crippen LogP contribution in [0, 0.1) is 11.8 Å². The van der Waals surface area contributed by atoms with Crippen LogP contribution in [0.25, 0.3) is 0 Å². The second-order valence-electron chi connectivity index (χ2n) is 6.06. The van der Waals surface area contributed by atoms with Crippen LogP contribution < -0.4 is 5.32 Å². The molecule has 1 nitrogen and oxygen atoms in total. The molecule has 4 unspecified atom stereocenters. The zero-order valence-corrected chi connectivity index (χ0v) is 15.1. The summed E-state index contributed by atoms with van der Waals surface area (Å²) >= 11 is 7.18. The Balaban J connectivity index is 2.02. The van der Waals surface area contributed by atoms with Crippen LogP contribution in [0.4, 0.5) is 0 Å². The van der Waals surface area contributed by atoms with Crippen LogP contribution in [-0.2, 0) is 0 Å². The van der Waals surface area contributed by atoms with Gasteiger partial charge in [0.1, 0.15) is 0 Å². The molecule has 3 heteroatoms. The zero-order chi connectivity index (χ0) is 14.0. The molecule has 19 heavy (non-hydrogen) atoms. The Kier molecular flexibility index (Phi) is 5.50. The molecule has 0 heterocycles. The van der Waals surface area contributed by atoms with Crippen LogP contribution in [0.3, 0.4) is 0 Å². The van der Waals surface area contributed by atoms with Gasteiger partial charge in [0.15, 0.2) is 0 Å². The van der Waals surface area contributed by atoms with Crippen LogP contribution in [-0.4, -0.2) is 6.04 Å². The molecule has 0 aromatic heterocycles. The largest absolute Gasteiger partial charge is 0.307 e. The maximum Gasteiger partial charge on any atom is 0.0305 e. The molecule has 1 saturated carbocycles. The molecular formula is C16H23Br2N. The van der Waals surface area contributed by atoms with Crippen LogP contribution in [0.1, 0.15) is 51.6 Å². The average Bonchev–Trinajstić information content (AvgIpc) is 2.32. The topological polar surface area (TPSA) is 12.0 Å². The number of halogens is 2. The zero-order valence-electron chi connectivity index (χ0n) is 11.9. The summed E-state index contributed by atoms with van der Waals surface area (Å²) in [4.78, 5) is 0. The second-order valence-corrected chi connectivity index (χ2v) is 7.83. The Morgan fingerprint density at radius 3 is 2.58 bits per heavy atom. The predicted molar refractivity (Wildman–Crippen MR) is 89.4 cm³/mol. The van der Waals surface area contributed by atoms with E-state index in [-0.39, 0.29) is 0 Å². The first kappa shape index (κ1) is 15.5. The van der Waals surface area contributed by atoms with E-state index in [4.69, 9.17) is 0 Å². The number of benzene rings is 1. The number of nitrogens with one attached hydrogen (secondary N) is 1. The van der Waals surface area contributed by atoms with Gasteiger partial charge in [-0.1, -0.05) is 51.8 Å². The smallest absolute Gasteiger partial charge is 0.0305 e. The average molecular weight is 389 g/mol. The van der Waals surface area contributed by atoms with E-state index in [9.17, 15) is 0 Å². The summed E-state index contributed by atoms with van der Waals surface area (Å²) < 4.78 is 2.30. The fraction of sp³-hybridized carbons (Fsp3) is 0.625. The molecule has 2 rings (SSSR count). The van der Waals surface area contributed by atoms with Crippen LogP contribution in [0.2, 0.25) is 0 Å². The molecule has 106 valence electrons. The molecule has 1 aromatic rings. The second kappa shape index (κ2) is 6.73. The molecule has 1 aliphatic rings. The summed E-state index contributed by atoms with van der Waals surface area (Å²) in [5.41, 5.74) is 1.34. The highest BCUT2D eigenvalue weighted by Crippen LogP contribution is 2.32. The van der Waals surface area contributed by atoms with Crippen molar-refractivity contribution in [1.82, 2.24) is 5.32 Å². The SMILES string of the molecule is CC1CCC(NC(C)c2ccc(Br)cc2Br)C(C)C1. The van der Waals surface area contributed by atoms with Crippen LogP contribution in [0.5, 0.6) is 0 Å². The molecule has 4 atom stereocenters. The van der Waals surface area contributed by atoms with Gasteiger partial charge >= 0.3 is 0 Å². The van der Waals surface area contributed by atoms with Gasteiger partial charge in [-0.05, 0) is 55.7 Å². The van der Waals surface area contributed by atoms with E-state index in [0.717, 1.165) is 16.3 Å². The summed E-state index contributed by atoms with van der Waals surface area (Å²) in [7, 11) is 0. The van der Waals surface area contributed by atoms with Crippen molar-refractivity contribution in [3.05, 3.63) is 32.7 Å². The van der Waals surface area contributed by atoms with Gasteiger partial charge in [-0.15, -0.1) is 0 Å². The Morgan fingerprint density at radius 1 is 1.21 bits per heavy atom. The fourth-order valence-electron chi connectivity index (χ4n) is 3.18. The third-order valence-corrected chi connectivity index (χ3v) is 5.50. The van der Waals surface area contributed by atoms with Crippen molar-refractivity contribution in [1.29, 1.82) is 0 Å². The maximum absolute atomic E-state index is 3.82. The van der Waals surface area contributed by atoms with Gasteiger partial charge in [0.25, 0.3) is 0 Å². The molecule has 1 aromatic carbocycles. The van der Waals surface area contributed by atoms with Gasteiger partial charge in [0.2, 0.25) is 0 Å². The highest BCUT2D eigenvalue weighted by atomic mass is 79.9. The highest BCUT2D eigenvalue weighted by molar-refractivity contribution is 9.11. The molecule has 0 aliphatic heterocycles. The molecule has 0 saturated heterocycles. The van der Waals surface area contributed by atoms with E-state index < -0.39 is 0 Å². The van der Waals surface area contributed by atoms with Crippen molar-refractivity contribution in [3.8, 4) is 0 Å². The minimum absolute atomic E-state index is 0.392. The molecule has 0 bridgehead atoms. The minimum atomic E-state index is 0.392. The van der Waals surface area contributed by atoms with Gasteiger partial charge in [-0.2, -0.15) is 0 Å². The molecule has 0 radical (unpaired) electrons. The summed E-state index contributed by atoms with van der Waals surface area (Å²) in [6, 6.07) is 7.48. The third kappa shape index (κ3) is 4.05. The minimum Gasteiger partial charge on any atom is -0.307 e. The van der Waals surface area contributed by atoms with Gasteiger partial charge in [0, 0.05) is 21.0 Å². The Hall–Kier alpha value is 0.140. The first-order valence-corrected chi connectivity index (χ1v) is 8.77. The van der Waals surface area contributed by atoms with Crippen molar-refractivity contribution in [3.63, 3.8) is 0 Å². The van der Waals surface area contributed by atoms with Crippen LogP contribution in [0.15, 0.2) is 27.1 Å². The van der Waals surface area contributed by atoms with E-state index in [1.165, 1.54) is 29.3 Å². The van der Waals surface area contributed by atoms with Gasteiger partial charge < -0.3 is 5.32 Å². The molecular weight excluding hydrogens is 366 g/mol. The quantitative estimate of drug-likeness (QED) is 0.701. The number of hydrogen-bond donors (Lipinski definition) is 1. The lowest BCUT2D eigenvalue weighted by atomic mass is 9.79. The standard InChI is InChI=1S/C16H23Br2N/c1-10-4-7-16(11(2)8-10)19-12(3)14-6-5-13(17)9-15(14)18/h5-6,9-12,16,19H,4,7-8H2,1-3H3. The number of rotatable bonds is 3. The Morgan fingerprint density at radius 2 is 1.95 bits per heavy atom. The fourth-order valence-corrected chi connectivity index (χ4v) is 4.57. The van der Waals surface area contributed by atoms with Crippen molar-refractivity contribution >= 4 is 31.9 Å². The molecule has 1 aliphatic carbocycles. The van der Waals surface area contributed by atoms with Crippen molar-refractivity contribution < 1.29 is 0 Å². The lowest BCUT2D eigenvalue weighted by Gasteiger charge is -2.35. The molecule has 0 spiro atoms. The third-order valence-electron chi connectivity index (χ3n) is 4.32. The van der Waals surface area contributed by atoms with Gasteiger partial charge in [0.05, 0.1) is 0 Å². The summed E-state index contributed by atoms with van der Waals surface area (Å²) in [5.74, 6) is 1.67. The van der Waals surface area contributed by atoms with Crippen LogP contribution >= 0.6 is 31.9 Å². The van der Waals surface area contributed by atoms with Gasteiger partial charge in [-0.3, -0.25) is 0 Å².